The Kier molecular flexibility index (Phi) is 5.10. The van der Waals surface area contributed by atoms with E-state index < -0.39 is 15.7 Å². The first kappa shape index (κ1) is 17.5. The van der Waals surface area contributed by atoms with Gasteiger partial charge >= 0.3 is 0 Å². The second-order valence-corrected chi connectivity index (χ2v) is 8.45. The van der Waals surface area contributed by atoms with Gasteiger partial charge in [0.1, 0.15) is 5.82 Å². The van der Waals surface area contributed by atoms with E-state index >= 15 is 0 Å². The number of hydrogen-bond acceptors (Lipinski definition) is 5. The third kappa shape index (κ3) is 4.40. The molecule has 0 aliphatic heterocycles. The zero-order valence-corrected chi connectivity index (χ0v) is 14.7. The minimum Gasteiger partial charge on any atom is -0.326 e. The summed E-state index contributed by atoms with van der Waals surface area (Å²) in [6, 6.07) is 10.1. The minimum atomic E-state index is -3.52. The second-order valence-electron chi connectivity index (χ2n) is 5.46. The number of aromatic nitrogens is 1. The maximum absolute atomic E-state index is 12.9. The van der Waals surface area contributed by atoms with Crippen LogP contribution in [0.25, 0.3) is 10.2 Å². The van der Waals surface area contributed by atoms with Crippen molar-refractivity contribution in [1.82, 2.24) is 4.98 Å². The lowest BCUT2D eigenvalue weighted by atomic mass is 10.2. The van der Waals surface area contributed by atoms with Gasteiger partial charge in [0, 0.05) is 12.1 Å². The Labute approximate surface area is 148 Å². The largest absolute Gasteiger partial charge is 0.326 e. The summed E-state index contributed by atoms with van der Waals surface area (Å²) in [5, 5.41) is 2.75. The smallest absolute Gasteiger partial charge is 0.224 e. The van der Waals surface area contributed by atoms with E-state index in [2.05, 4.69) is 10.3 Å². The number of sulfone groups is 1. The van der Waals surface area contributed by atoms with Crippen molar-refractivity contribution >= 4 is 43.0 Å². The van der Waals surface area contributed by atoms with Gasteiger partial charge in [-0.3, -0.25) is 4.79 Å². The molecule has 0 saturated carbocycles. The maximum atomic E-state index is 12.9. The van der Waals surface area contributed by atoms with Crippen molar-refractivity contribution in [3.63, 3.8) is 0 Å². The van der Waals surface area contributed by atoms with Crippen LogP contribution in [-0.4, -0.2) is 25.1 Å². The SMILES string of the molecule is O=C(CCCS(=O)(=O)c1ccc(F)cc1)Nc1ccc2ncsc2c1. The Morgan fingerprint density at radius 2 is 1.92 bits per heavy atom. The highest BCUT2D eigenvalue weighted by Gasteiger charge is 2.15. The number of thiazole rings is 1. The molecule has 3 rings (SSSR count). The van der Waals surface area contributed by atoms with Crippen LogP contribution in [0.5, 0.6) is 0 Å². The zero-order valence-electron chi connectivity index (χ0n) is 13.1. The van der Waals surface area contributed by atoms with Crippen molar-refractivity contribution in [3.05, 3.63) is 53.8 Å². The van der Waals surface area contributed by atoms with E-state index in [1.54, 1.807) is 11.6 Å². The van der Waals surface area contributed by atoms with E-state index in [0.717, 1.165) is 22.3 Å². The number of nitrogens with zero attached hydrogens (tertiary/aromatic N) is 1. The van der Waals surface area contributed by atoms with Crippen LogP contribution < -0.4 is 5.32 Å². The van der Waals surface area contributed by atoms with Crippen LogP contribution in [-0.2, 0) is 14.6 Å². The van der Waals surface area contributed by atoms with E-state index in [0.29, 0.717) is 5.69 Å². The number of hydrogen-bond donors (Lipinski definition) is 1. The summed E-state index contributed by atoms with van der Waals surface area (Å²) < 4.78 is 38.1. The normalized spacial score (nSPS) is 11.6. The average molecular weight is 378 g/mol. The van der Waals surface area contributed by atoms with Crippen molar-refractivity contribution < 1.29 is 17.6 Å². The Balaban J connectivity index is 1.54. The van der Waals surface area contributed by atoms with Crippen LogP contribution in [0.1, 0.15) is 12.8 Å². The molecule has 0 atom stereocenters. The van der Waals surface area contributed by atoms with E-state index in [4.69, 9.17) is 0 Å². The van der Waals surface area contributed by atoms with Gasteiger partial charge in [0.05, 0.1) is 26.4 Å². The molecule has 3 aromatic rings. The van der Waals surface area contributed by atoms with Gasteiger partial charge in [0.15, 0.2) is 9.84 Å². The van der Waals surface area contributed by atoms with Crippen LogP contribution in [0.3, 0.4) is 0 Å². The number of amides is 1. The molecule has 25 heavy (non-hydrogen) atoms. The maximum Gasteiger partial charge on any atom is 0.224 e. The number of halogens is 1. The first-order valence-corrected chi connectivity index (χ1v) is 10.1. The Morgan fingerprint density at radius 3 is 2.68 bits per heavy atom. The first-order valence-electron chi connectivity index (χ1n) is 7.55. The number of carbonyl (C=O) groups excluding carboxylic acids is 1. The molecular weight excluding hydrogens is 363 g/mol. The van der Waals surface area contributed by atoms with Crippen molar-refractivity contribution in [3.8, 4) is 0 Å². The Morgan fingerprint density at radius 1 is 1.16 bits per heavy atom. The van der Waals surface area contributed by atoms with Gasteiger partial charge in [-0.15, -0.1) is 11.3 Å². The number of anilines is 1. The summed E-state index contributed by atoms with van der Waals surface area (Å²) in [6.07, 6.45) is 0.273. The van der Waals surface area contributed by atoms with Gasteiger partial charge in [-0.2, -0.15) is 0 Å². The third-order valence-corrected chi connectivity index (χ3v) is 6.21. The molecule has 0 saturated heterocycles. The summed E-state index contributed by atoms with van der Waals surface area (Å²) in [5.74, 6) is -0.908. The topological polar surface area (TPSA) is 76.1 Å². The molecule has 0 fully saturated rings. The number of fused-ring (bicyclic) bond motifs is 1. The number of rotatable bonds is 6. The molecule has 0 unspecified atom stereocenters. The Hall–Kier alpha value is -2.32. The molecule has 1 heterocycles. The van der Waals surface area contributed by atoms with Gasteiger partial charge in [-0.25, -0.2) is 17.8 Å². The molecule has 130 valence electrons. The number of nitrogens with one attached hydrogen (secondary N) is 1. The summed E-state index contributed by atoms with van der Waals surface area (Å²) >= 11 is 1.48. The van der Waals surface area contributed by atoms with E-state index in [-0.39, 0.29) is 29.4 Å². The quantitative estimate of drug-likeness (QED) is 0.665. The van der Waals surface area contributed by atoms with Crippen LogP contribution >= 0.6 is 11.3 Å². The fraction of sp³-hybridized carbons (Fsp3) is 0.176. The van der Waals surface area contributed by atoms with Crippen LogP contribution in [0.2, 0.25) is 0 Å². The van der Waals surface area contributed by atoms with Crippen molar-refractivity contribution in [2.24, 2.45) is 0 Å². The lowest BCUT2D eigenvalue weighted by molar-refractivity contribution is -0.116. The molecule has 0 aliphatic carbocycles. The molecule has 2 aromatic carbocycles. The predicted molar refractivity (Wildman–Crippen MR) is 95.9 cm³/mol. The van der Waals surface area contributed by atoms with Gasteiger partial charge in [0.2, 0.25) is 5.91 Å². The molecule has 8 heteroatoms. The van der Waals surface area contributed by atoms with Crippen molar-refractivity contribution in [2.45, 2.75) is 17.7 Å². The fourth-order valence-corrected chi connectivity index (χ4v) is 4.37. The zero-order chi connectivity index (χ0) is 17.9. The van der Waals surface area contributed by atoms with Crippen LogP contribution in [0, 0.1) is 5.82 Å². The van der Waals surface area contributed by atoms with Crippen LogP contribution in [0.15, 0.2) is 52.9 Å². The summed E-state index contributed by atoms with van der Waals surface area (Å²) in [7, 11) is -3.52. The molecule has 5 nitrogen and oxygen atoms in total. The highest BCUT2D eigenvalue weighted by molar-refractivity contribution is 7.91. The molecule has 1 amide bonds. The Bertz CT molecular complexity index is 998. The van der Waals surface area contributed by atoms with Crippen molar-refractivity contribution in [1.29, 1.82) is 0 Å². The lowest BCUT2D eigenvalue weighted by Gasteiger charge is -2.06. The van der Waals surface area contributed by atoms with Gasteiger partial charge in [-0.1, -0.05) is 0 Å². The van der Waals surface area contributed by atoms with E-state index in [9.17, 15) is 17.6 Å². The van der Waals surface area contributed by atoms with Crippen molar-refractivity contribution in [2.75, 3.05) is 11.1 Å². The van der Waals surface area contributed by atoms with Crippen LogP contribution in [0.4, 0.5) is 10.1 Å². The number of benzene rings is 2. The first-order chi connectivity index (χ1) is 11.9. The molecule has 1 aromatic heterocycles. The minimum absolute atomic E-state index is 0.0601. The monoisotopic (exact) mass is 378 g/mol. The van der Waals surface area contributed by atoms with Gasteiger partial charge < -0.3 is 5.32 Å². The highest BCUT2D eigenvalue weighted by atomic mass is 32.2. The third-order valence-electron chi connectivity index (χ3n) is 3.60. The molecular formula is C17H15FN2O3S2. The van der Waals surface area contributed by atoms with E-state index in [1.807, 2.05) is 12.1 Å². The van der Waals surface area contributed by atoms with Gasteiger partial charge in [0.25, 0.3) is 0 Å². The standard InChI is InChI=1S/C17H15FN2O3S2/c18-12-3-6-14(7-4-12)25(22,23)9-1-2-17(21)20-13-5-8-15-16(10-13)24-11-19-15/h3-8,10-11H,1-2,9H2,(H,20,21). The second kappa shape index (κ2) is 7.28. The van der Waals surface area contributed by atoms with E-state index in [1.165, 1.54) is 23.5 Å². The lowest BCUT2D eigenvalue weighted by Crippen LogP contribution is -2.14. The summed E-state index contributed by atoms with van der Waals surface area (Å²) in [6.45, 7) is 0. The summed E-state index contributed by atoms with van der Waals surface area (Å²) in [4.78, 5) is 16.2. The van der Waals surface area contributed by atoms with Gasteiger partial charge in [-0.05, 0) is 48.9 Å². The molecule has 0 aliphatic rings. The molecule has 0 bridgehead atoms. The molecule has 1 N–H and O–H groups in total. The molecule has 0 radical (unpaired) electrons. The average Bonchev–Trinajstić information content (AvgIpc) is 3.02. The number of carbonyl (C=O) groups is 1. The molecule has 0 spiro atoms. The highest BCUT2D eigenvalue weighted by Crippen LogP contribution is 2.22. The predicted octanol–water partition coefficient (Wildman–Crippen LogP) is 3.63. The fourth-order valence-electron chi connectivity index (χ4n) is 2.34. The summed E-state index contributed by atoms with van der Waals surface area (Å²) in [5.41, 5.74) is 3.26.